The summed E-state index contributed by atoms with van der Waals surface area (Å²) in [6.45, 7) is 0. The molecule has 0 unspecified atom stereocenters. The van der Waals surface area contributed by atoms with Crippen LogP contribution >= 0.6 is 15.9 Å². The smallest absolute Gasteiger partial charge is 0.187 e. The first-order valence-electron chi connectivity index (χ1n) is 3.87. The third-order valence-corrected chi connectivity index (χ3v) is 2.63. The number of rotatable bonds is 3. The molecule has 4 nitrogen and oxygen atoms in total. The third-order valence-electron chi connectivity index (χ3n) is 1.80. The molecule has 0 aliphatic rings. The number of ether oxygens (including phenoxy) is 2. The second-order valence-corrected chi connectivity index (χ2v) is 3.43. The number of hydrogen-bond donors (Lipinski definition) is 2. The molecule has 0 aromatic heterocycles. The molecule has 1 rings (SSSR count). The van der Waals surface area contributed by atoms with Gasteiger partial charge in [-0.25, -0.2) is 0 Å². The van der Waals surface area contributed by atoms with Crippen molar-refractivity contribution in [3.05, 3.63) is 22.2 Å². The van der Waals surface area contributed by atoms with Crippen molar-refractivity contribution in [3.8, 4) is 11.5 Å². The Kier molecular flexibility index (Phi) is 3.74. The number of phenolic OH excluding ortho intramolecular Hbond substituents is 2. The van der Waals surface area contributed by atoms with Gasteiger partial charge in [0.15, 0.2) is 6.29 Å². The molecule has 78 valence electrons. The van der Waals surface area contributed by atoms with Crippen LogP contribution < -0.4 is 0 Å². The zero-order valence-electron chi connectivity index (χ0n) is 7.82. The van der Waals surface area contributed by atoms with Gasteiger partial charge in [-0.05, 0) is 28.1 Å². The van der Waals surface area contributed by atoms with Crippen molar-refractivity contribution in [2.75, 3.05) is 14.2 Å². The van der Waals surface area contributed by atoms with Crippen molar-refractivity contribution in [3.63, 3.8) is 0 Å². The highest BCUT2D eigenvalue weighted by molar-refractivity contribution is 9.10. The molecule has 0 bridgehead atoms. The Morgan fingerprint density at radius 2 is 1.64 bits per heavy atom. The predicted molar refractivity (Wildman–Crippen MR) is 54.2 cm³/mol. The Balaban J connectivity index is 3.23. The van der Waals surface area contributed by atoms with Crippen LogP contribution in [0.3, 0.4) is 0 Å². The highest BCUT2D eigenvalue weighted by Gasteiger charge is 2.19. The number of methoxy groups -OCH3 is 2. The molecule has 0 radical (unpaired) electrons. The van der Waals surface area contributed by atoms with E-state index in [0.29, 0.717) is 10.0 Å². The Labute approximate surface area is 90.2 Å². The summed E-state index contributed by atoms with van der Waals surface area (Å²) >= 11 is 3.14. The minimum Gasteiger partial charge on any atom is -0.507 e. The van der Waals surface area contributed by atoms with Gasteiger partial charge in [-0.15, -0.1) is 0 Å². The second kappa shape index (κ2) is 4.63. The second-order valence-electron chi connectivity index (χ2n) is 2.63. The lowest BCUT2D eigenvalue weighted by Crippen LogP contribution is -2.04. The molecule has 0 saturated carbocycles. The summed E-state index contributed by atoms with van der Waals surface area (Å²) in [7, 11) is 2.90. The molecule has 0 amide bonds. The van der Waals surface area contributed by atoms with Gasteiger partial charge in [-0.3, -0.25) is 0 Å². The van der Waals surface area contributed by atoms with Crippen molar-refractivity contribution in [2.45, 2.75) is 6.29 Å². The van der Waals surface area contributed by atoms with Gasteiger partial charge in [0, 0.05) is 14.2 Å². The zero-order chi connectivity index (χ0) is 10.7. The van der Waals surface area contributed by atoms with E-state index >= 15 is 0 Å². The largest absolute Gasteiger partial charge is 0.507 e. The molecule has 2 N–H and O–H groups in total. The molecular formula is C9H11BrO4. The van der Waals surface area contributed by atoms with Crippen molar-refractivity contribution in [1.82, 2.24) is 0 Å². The van der Waals surface area contributed by atoms with Gasteiger partial charge >= 0.3 is 0 Å². The maximum Gasteiger partial charge on any atom is 0.187 e. The monoisotopic (exact) mass is 262 g/mol. The van der Waals surface area contributed by atoms with Crippen LogP contribution in [-0.4, -0.2) is 24.4 Å². The van der Waals surface area contributed by atoms with Crippen molar-refractivity contribution >= 4 is 15.9 Å². The molecule has 14 heavy (non-hydrogen) atoms. The molecular weight excluding hydrogens is 252 g/mol. The lowest BCUT2D eigenvalue weighted by Gasteiger charge is -2.17. The summed E-state index contributed by atoms with van der Waals surface area (Å²) in [5.41, 5.74) is 0.370. The van der Waals surface area contributed by atoms with Crippen molar-refractivity contribution in [1.29, 1.82) is 0 Å². The number of benzene rings is 1. The highest BCUT2D eigenvalue weighted by atomic mass is 79.9. The van der Waals surface area contributed by atoms with Crippen LogP contribution in [0, 0.1) is 0 Å². The fourth-order valence-electron chi connectivity index (χ4n) is 1.13. The fraction of sp³-hybridized carbons (Fsp3) is 0.333. The molecule has 0 spiro atoms. The van der Waals surface area contributed by atoms with Crippen LogP contribution in [0.1, 0.15) is 11.9 Å². The van der Waals surface area contributed by atoms with Gasteiger partial charge in [0.2, 0.25) is 0 Å². The summed E-state index contributed by atoms with van der Waals surface area (Å²) < 4.78 is 10.3. The Hall–Kier alpha value is -0.780. The van der Waals surface area contributed by atoms with Crippen LogP contribution in [0.5, 0.6) is 11.5 Å². The number of aromatic hydroxyl groups is 2. The Morgan fingerprint density at radius 1 is 1.14 bits per heavy atom. The molecule has 0 atom stereocenters. The summed E-state index contributed by atoms with van der Waals surface area (Å²) in [6.07, 6.45) is -0.712. The van der Waals surface area contributed by atoms with Crippen molar-refractivity contribution < 1.29 is 19.7 Å². The van der Waals surface area contributed by atoms with E-state index in [1.807, 2.05) is 0 Å². The van der Waals surface area contributed by atoms with E-state index in [9.17, 15) is 10.2 Å². The summed E-state index contributed by atoms with van der Waals surface area (Å²) in [5.74, 6) is 0.0280. The van der Waals surface area contributed by atoms with Crippen LogP contribution in [0.25, 0.3) is 0 Å². The van der Waals surface area contributed by atoms with Crippen LogP contribution in [0.15, 0.2) is 16.6 Å². The molecule has 0 heterocycles. The molecule has 5 heteroatoms. The quantitative estimate of drug-likeness (QED) is 0.648. The third kappa shape index (κ3) is 2.00. The standard InChI is InChI=1S/C9H11BrO4/c1-13-9(14-2)7-5(11)3-4-6(12)8(7)10/h3-4,9,11-12H,1-2H3. The summed E-state index contributed by atoms with van der Waals surface area (Å²) in [5, 5.41) is 18.9. The van der Waals surface area contributed by atoms with Crippen molar-refractivity contribution in [2.24, 2.45) is 0 Å². The lowest BCUT2D eigenvalue weighted by molar-refractivity contribution is -0.107. The molecule has 1 aromatic carbocycles. The normalized spacial score (nSPS) is 10.9. The number of hydrogen-bond acceptors (Lipinski definition) is 4. The van der Waals surface area contributed by atoms with E-state index < -0.39 is 6.29 Å². The first-order valence-corrected chi connectivity index (χ1v) is 4.67. The Bertz CT molecular complexity index is 323. The van der Waals surface area contributed by atoms with Gasteiger partial charge in [0.05, 0.1) is 10.0 Å². The maximum absolute atomic E-state index is 9.55. The zero-order valence-corrected chi connectivity index (χ0v) is 9.41. The highest BCUT2D eigenvalue weighted by Crippen LogP contribution is 2.39. The van der Waals surface area contributed by atoms with E-state index in [-0.39, 0.29) is 11.5 Å². The van der Waals surface area contributed by atoms with E-state index in [4.69, 9.17) is 9.47 Å². The maximum atomic E-state index is 9.55. The molecule has 0 saturated heterocycles. The first kappa shape index (κ1) is 11.3. The number of phenols is 2. The molecule has 0 aliphatic carbocycles. The van der Waals surface area contributed by atoms with Gasteiger partial charge < -0.3 is 19.7 Å². The van der Waals surface area contributed by atoms with Gasteiger partial charge in [0.25, 0.3) is 0 Å². The van der Waals surface area contributed by atoms with E-state index in [1.165, 1.54) is 26.4 Å². The van der Waals surface area contributed by atoms with E-state index in [2.05, 4.69) is 15.9 Å². The molecule has 1 aromatic rings. The minimum absolute atomic E-state index is 0.00313. The molecule has 0 aliphatic heterocycles. The van der Waals surface area contributed by atoms with E-state index in [1.54, 1.807) is 0 Å². The molecule has 0 fully saturated rings. The fourth-order valence-corrected chi connectivity index (χ4v) is 1.65. The van der Waals surface area contributed by atoms with Crippen LogP contribution in [0.2, 0.25) is 0 Å². The van der Waals surface area contributed by atoms with Crippen LogP contribution in [-0.2, 0) is 9.47 Å². The SMILES string of the molecule is COC(OC)c1c(O)ccc(O)c1Br. The van der Waals surface area contributed by atoms with Gasteiger partial charge in [-0.1, -0.05) is 0 Å². The average Bonchev–Trinajstić information content (AvgIpc) is 2.19. The minimum atomic E-state index is -0.712. The first-order chi connectivity index (χ1) is 6.61. The van der Waals surface area contributed by atoms with Crippen LogP contribution in [0.4, 0.5) is 0 Å². The Morgan fingerprint density at radius 3 is 2.14 bits per heavy atom. The summed E-state index contributed by atoms with van der Waals surface area (Å²) in [4.78, 5) is 0. The summed E-state index contributed by atoms with van der Waals surface area (Å²) in [6, 6.07) is 2.76. The topological polar surface area (TPSA) is 58.9 Å². The lowest BCUT2D eigenvalue weighted by atomic mass is 10.2. The van der Waals surface area contributed by atoms with Gasteiger partial charge in [0.1, 0.15) is 11.5 Å². The van der Waals surface area contributed by atoms with Gasteiger partial charge in [-0.2, -0.15) is 0 Å². The number of halogens is 1. The average molecular weight is 263 g/mol. The van der Waals surface area contributed by atoms with E-state index in [0.717, 1.165) is 0 Å². The predicted octanol–water partition coefficient (Wildman–Crippen LogP) is 2.15.